The van der Waals surface area contributed by atoms with Crippen LogP contribution in [0.4, 0.5) is 0 Å². The van der Waals surface area contributed by atoms with Gasteiger partial charge in [-0.3, -0.25) is 37.3 Å². The van der Waals surface area contributed by atoms with Crippen LogP contribution in [-0.4, -0.2) is 96.7 Å². The van der Waals surface area contributed by atoms with Crippen LogP contribution in [0, 0.1) is 23.7 Å². The number of hydrogen-bond donors (Lipinski definition) is 3. The lowest BCUT2D eigenvalue weighted by molar-refractivity contribution is -0.161. The predicted molar refractivity (Wildman–Crippen MR) is 386 cm³/mol. The van der Waals surface area contributed by atoms with Gasteiger partial charge in [0.2, 0.25) is 0 Å². The third kappa shape index (κ3) is 69.0. The third-order valence-corrected chi connectivity index (χ3v) is 19.8. The van der Waals surface area contributed by atoms with E-state index in [4.69, 9.17) is 37.0 Å². The maximum absolute atomic E-state index is 13.1. The molecule has 0 bridgehead atoms. The average molecular weight is 1400 g/mol. The van der Waals surface area contributed by atoms with E-state index in [-0.39, 0.29) is 25.7 Å². The summed E-state index contributed by atoms with van der Waals surface area (Å²) in [5.74, 6) is 0.933. The Morgan fingerprint density at radius 1 is 0.295 bits per heavy atom. The number of aliphatic hydroxyl groups is 1. The lowest BCUT2D eigenvalue weighted by atomic mass is 10.00. The summed E-state index contributed by atoms with van der Waals surface area (Å²) in [4.78, 5) is 72.8. The summed E-state index contributed by atoms with van der Waals surface area (Å²) >= 11 is 0. The molecule has 0 spiro atoms. The maximum atomic E-state index is 13.1. The molecule has 0 aromatic carbocycles. The Morgan fingerprint density at radius 3 is 0.747 bits per heavy atom. The Morgan fingerprint density at radius 2 is 0.505 bits per heavy atom. The van der Waals surface area contributed by atoms with Crippen LogP contribution in [0.1, 0.15) is 383 Å². The van der Waals surface area contributed by atoms with E-state index in [1.165, 1.54) is 180 Å². The molecule has 0 amide bonds. The number of phosphoric acid groups is 2. The minimum absolute atomic E-state index is 0.105. The normalized spacial score (nSPS) is 14.4. The van der Waals surface area contributed by atoms with E-state index in [0.717, 1.165) is 120 Å². The van der Waals surface area contributed by atoms with Crippen molar-refractivity contribution in [2.45, 2.75) is 401 Å². The topological polar surface area (TPSA) is 237 Å². The highest BCUT2D eigenvalue weighted by atomic mass is 31.2. The van der Waals surface area contributed by atoms with E-state index < -0.39 is 97.5 Å². The van der Waals surface area contributed by atoms with Crippen LogP contribution >= 0.6 is 15.6 Å². The van der Waals surface area contributed by atoms with Crippen molar-refractivity contribution in [2.24, 2.45) is 23.7 Å². The molecule has 6 atom stereocenters. The van der Waals surface area contributed by atoms with Crippen LogP contribution in [0.15, 0.2) is 0 Å². The van der Waals surface area contributed by atoms with Gasteiger partial charge in [-0.25, -0.2) is 9.13 Å². The summed E-state index contributed by atoms with van der Waals surface area (Å²) in [6.45, 7) is 14.2. The zero-order valence-electron chi connectivity index (χ0n) is 62.3. The molecule has 564 valence electrons. The molecular formula is C76H148O17P2. The summed E-state index contributed by atoms with van der Waals surface area (Å²) in [6, 6.07) is 0. The molecule has 3 unspecified atom stereocenters. The summed E-state index contributed by atoms with van der Waals surface area (Å²) in [7, 11) is -9.91. The van der Waals surface area contributed by atoms with Gasteiger partial charge in [-0.2, -0.15) is 0 Å². The minimum atomic E-state index is -4.96. The lowest BCUT2D eigenvalue weighted by Gasteiger charge is -2.21. The second-order valence-electron chi connectivity index (χ2n) is 29.1. The number of aliphatic hydroxyl groups excluding tert-OH is 1. The van der Waals surface area contributed by atoms with Gasteiger partial charge < -0.3 is 33.8 Å². The molecule has 0 aromatic rings. The Bertz CT molecular complexity index is 1870. The molecule has 0 aliphatic heterocycles. The molecule has 0 saturated heterocycles. The molecule has 0 aliphatic carbocycles. The van der Waals surface area contributed by atoms with Crippen LogP contribution in [-0.2, 0) is 65.4 Å². The molecule has 0 aromatic heterocycles. The van der Waals surface area contributed by atoms with Gasteiger partial charge in [0.05, 0.1) is 26.4 Å². The average Bonchev–Trinajstić information content (AvgIpc) is 1.27. The van der Waals surface area contributed by atoms with Gasteiger partial charge in [0.1, 0.15) is 19.3 Å². The molecular weight excluding hydrogens is 1250 g/mol. The Labute approximate surface area is 581 Å². The zero-order valence-corrected chi connectivity index (χ0v) is 64.1. The van der Waals surface area contributed by atoms with Crippen molar-refractivity contribution in [3.05, 3.63) is 0 Å². The van der Waals surface area contributed by atoms with Gasteiger partial charge in [-0.1, -0.05) is 331 Å². The fourth-order valence-corrected chi connectivity index (χ4v) is 13.1. The van der Waals surface area contributed by atoms with Crippen molar-refractivity contribution in [1.29, 1.82) is 0 Å². The van der Waals surface area contributed by atoms with E-state index in [2.05, 4.69) is 55.4 Å². The first-order chi connectivity index (χ1) is 45.6. The molecule has 19 heteroatoms. The molecule has 17 nitrogen and oxygen atoms in total. The number of esters is 4. The van der Waals surface area contributed by atoms with Gasteiger partial charge in [0.15, 0.2) is 12.2 Å². The highest BCUT2D eigenvalue weighted by Crippen LogP contribution is 2.45. The lowest BCUT2D eigenvalue weighted by Crippen LogP contribution is -2.30. The minimum Gasteiger partial charge on any atom is -0.462 e. The SMILES string of the molecule is CCC(C)CCCCCCCCC(=O)OC[C@H](COP(=O)(O)OC[C@H](O)COP(=O)(O)OC[C@@H](COC(=O)CCCCCCCCCCCCCCCCCC(C)C)OC(=O)CCCCCCCCCCCCC(C)C)OC(=O)CCCCCCCCCCCCCC(C)C. The van der Waals surface area contributed by atoms with E-state index in [1.807, 2.05) is 0 Å². The van der Waals surface area contributed by atoms with E-state index >= 15 is 0 Å². The molecule has 0 rings (SSSR count). The number of unbranched alkanes of at least 4 members (excludes halogenated alkanes) is 38. The first-order valence-electron chi connectivity index (χ1n) is 39.2. The van der Waals surface area contributed by atoms with Gasteiger partial charge in [-0.05, 0) is 49.4 Å². The summed E-state index contributed by atoms with van der Waals surface area (Å²) < 4.78 is 68.5. The second-order valence-corrected chi connectivity index (χ2v) is 32.0. The highest BCUT2D eigenvalue weighted by molar-refractivity contribution is 7.47. The largest absolute Gasteiger partial charge is 0.472 e. The first kappa shape index (κ1) is 93.1. The Kier molecular flexibility index (Phi) is 64.0. The number of carbonyl (C=O) groups is 4. The predicted octanol–water partition coefficient (Wildman–Crippen LogP) is 22.0. The molecule has 95 heavy (non-hydrogen) atoms. The molecule has 0 radical (unpaired) electrons. The summed E-state index contributed by atoms with van der Waals surface area (Å²) in [5, 5.41) is 10.6. The van der Waals surface area contributed by atoms with Crippen molar-refractivity contribution >= 4 is 39.5 Å². The summed E-state index contributed by atoms with van der Waals surface area (Å²) in [6.07, 6.45) is 50.0. The quantitative estimate of drug-likeness (QED) is 0.0222. The van der Waals surface area contributed by atoms with Crippen LogP contribution in [0.25, 0.3) is 0 Å². The zero-order chi connectivity index (χ0) is 70.3. The van der Waals surface area contributed by atoms with Gasteiger partial charge in [0, 0.05) is 25.7 Å². The number of hydrogen-bond acceptors (Lipinski definition) is 15. The van der Waals surface area contributed by atoms with Crippen LogP contribution < -0.4 is 0 Å². The van der Waals surface area contributed by atoms with Crippen molar-refractivity contribution in [2.75, 3.05) is 39.6 Å². The number of ether oxygens (including phenoxy) is 4. The number of phosphoric ester groups is 2. The second kappa shape index (κ2) is 65.4. The number of carbonyl (C=O) groups excluding carboxylic acids is 4. The van der Waals surface area contributed by atoms with Crippen molar-refractivity contribution in [3.8, 4) is 0 Å². The van der Waals surface area contributed by atoms with Crippen molar-refractivity contribution in [3.63, 3.8) is 0 Å². The summed E-state index contributed by atoms with van der Waals surface area (Å²) in [5.41, 5.74) is 0. The van der Waals surface area contributed by atoms with Crippen molar-refractivity contribution < 1.29 is 80.2 Å². The van der Waals surface area contributed by atoms with Crippen LogP contribution in [0.5, 0.6) is 0 Å². The van der Waals surface area contributed by atoms with Gasteiger partial charge in [-0.15, -0.1) is 0 Å². The Hall–Kier alpha value is -1.94. The fraction of sp³-hybridized carbons (Fsp3) is 0.947. The molecule has 0 heterocycles. The van der Waals surface area contributed by atoms with Crippen LogP contribution in [0.3, 0.4) is 0 Å². The number of rotatable bonds is 73. The molecule has 0 aliphatic rings. The standard InChI is InChI=1S/C76H148O17P2/c1-9-69(8)55-47-39-34-35-41-49-57-74(79)87-63-72(93-75(80)58-50-42-32-26-19-15-17-23-29-37-45-53-67(4)5)65-91-95(84,85)89-61-70(77)60-88-94(82,83)90-64-71(92-76(81)59-51-43-33-27-21-20-24-30-38-46-54-68(6)7)62-86-73(78)56-48-40-31-25-18-14-12-10-11-13-16-22-28-36-44-52-66(2)3/h66-72,77H,9-65H2,1-8H3,(H,82,83)(H,84,85)/t69?,70-,71-,72-/m1/s1. The maximum Gasteiger partial charge on any atom is 0.472 e. The molecule has 0 saturated carbocycles. The van der Waals surface area contributed by atoms with E-state index in [1.54, 1.807) is 0 Å². The van der Waals surface area contributed by atoms with Gasteiger partial charge in [0.25, 0.3) is 0 Å². The monoisotopic (exact) mass is 1400 g/mol. The fourth-order valence-electron chi connectivity index (χ4n) is 11.5. The van der Waals surface area contributed by atoms with Crippen LogP contribution in [0.2, 0.25) is 0 Å². The smallest absolute Gasteiger partial charge is 0.462 e. The highest BCUT2D eigenvalue weighted by Gasteiger charge is 2.30. The van der Waals surface area contributed by atoms with Crippen molar-refractivity contribution in [1.82, 2.24) is 0 Å². The molecule has 0 fully saturated rings. The van der Waals surface area contributed by atoms with E-state index in [9.17, 15) is 43.2 Å². The van der Waals surface area contributed by atoms with E-state index in [0.29, 0.717) is 25.7 Å². The third-order valence-electron chi connectivity index (χ3n) is 17.9. The first-order valence-corrected chi connectivity index (χ1v) is 42.2. The molecule has 3 N–H and O–H groups in total. The Balaban J connectivity index is 5.24. The van der Waals surface area contributed by atoms with Gasteiger partial charge >= 0.3 is 39.5 Å².